The van der Waals surface area contributed by atoms with E-state index in [4.69, 9.17) is 11.6 Å². The van der Waals surface area contributed by atoms with E-state index < -0.39 is 0 Å². The maximum atomic E-state index is 13.7. The second-order valence-electron chi connectivity index (χ2n) is 7.75. The summed E-state index contributed by atoms with van der Waals surface area (Å²) >= 11 is 5.89. The van der Waals surface area contributed by atoms with Crippen molar-refractivity contribution in [1.82, 2.24) is 4.98 Å². The molecule has 0 amide bonds. The highest BCUT2D eigenvalue weighted by molar-refractivity contribution is 6.30. The summed E-state index contributed by atoms with van der Waals surface area (Å²) in [6.45, 7) is 0. The minimum atomic E-state index is -0.212. The number of nitrogens with zero attached hydrogens (tertiary/aromatic N) is 1. The van der Waals surface area contributed by atoms with E-state index >= 15 is 0 Å². The number of fused-ring (bicyclic) bond motifs is 1. The third kappa shape index (κ3) is 4.25. The Balaban J connectivity index is 1.35. The molecule has 4 heteroatoms. The van der Waals surface area contributed by atoms with Crippen molar-refractivity contribution in [3.05, 3.63) is 76.7 Å². The Morgan fingerprint density at radius 1 is 1.04 bits per heavy atom. The highest BCUT2D eigenvalue weighted by atomic mass is 35.5. The smallest absolute Gasteiger partial charge is 0.162 e. The van der Waals surface area contributed by atoms with E-state index in [1.54, 1.807) is 36.4 Å². The van der Waals surface area contributed by atoms with E-state index in [0.717, 1.165) is 48.6 Å². The van der Waals surface area contributed by atoms with Gasteiger partial charge >= 0.3 is 0 Å². The number of carbonyl (C=O) groups excluding carboxylic acids is 1. The molecule has 1 fully saturated rings. The van der Waals surface area contributed by atoms with Gasteiger partial charge in [-0.1, -0.05) is 11.6 Å². The molecule has 1 heterocycles. The number of benzene rings is 2. The lowest BCUT2D eigenvalue weighted by molar-refractivity contribution is 0.0969. The van der Waals surface area contributed by atoms with Gasteiger partial charge in [0.25, 0.3) is 0 Å². The van der Waals surface area contributed by atoms with Crippen molar-refractivity contribution < 1.29 is 9.18 Å². The number of rotatable bonds is 5. The Labute approximate surface area is 169 Å². The van der Waals surface area contributed by atoms with E-state index in [2.05, 4.69) is 4.98 Å². The molecule has 0 N–H and O–H groups in total. The van der Waals surface area contributed by atoms with Crippen LogP contribution in [0.4, 0.5) is 4.39 Å². The van der Waals surface area contributed by atoms with E-state index in [-0.39, 0.29) is 11.6 Å². The minimum absolute atomic E-state index is 0.189. The van der Waals surface area contributed by atoms with Gasteiger partial charge in [0.15, 0.2) is 5.78 Å². The van der Waals surface area contributed by atoms with Crippen molar-refractivity contribution in [3.8, 4) is 0 Å². The van der Waals surface area contributed by atoms with Crippen LogP contribution in [0.2, 0.25) is 5.02 Å². The predicted molar refractivity (Wildman–Crippen MR) is 111 cm³/mol. The zero-order chi connectivity index (χ0) is 19.5. The molecule has 3 aromatic rings. The van der Waals surface area contributed by atoms with Gasteiger partial charge in [-0.3, -0.25) is 9.78 Å². The average Bonchev–Trinajstić information content (AvgIpc) is 2.72. The van der Waals surface area contributed by atoms with Gasteiger partial charge in [-0.05, 0) is 98.0 Å². The first-order valence-corrected chi connectivity index (χ1v) is 10.3. The zero-order valence-electron chi connectivity index (χ0n) is 15.7. The molecule has 2 nitrogen and oxygen atoms in total. The fraction of sp³-hybridized carbons (Fsp3) is 0.333. The van der Waals surface area contributed by atoms with Crippen molar-refractivity contribution in [1.29, 1.82) is 0 Å². The van der Waals surface area contributed by atoms with Crippen molar-refractivity contribution in [3.63, 3.8) is 0 Å². The van der Waals surface area contributed by atoms with Crippen LogP contribution in [0.25, 0.3) is 10.9 Å². The Hall–Kier alpha value is -2.26. The van der Waals surface area contributed by atoms with Gasteiger partial charge in [0.05, 0.1) is 5.52 Å². The van der Waals surface area contributed by atoms with Crippen LogP contribution in [-0.2, 0) is 0 Å². The molecule has 0 atom stereocenters. The summed E-state index contributed by atoms with van der Waals surface area (Å²) in [5, 5.41) is 1.59. The van der Waals surface area contributed by atoms with Gasteiger partial charge in [-0.2, -0.15) is 0 Å². The van der Waals surface area contributed by atoms with Crippen LogP contribution in [0.3, 0.4) is 0 Å². The molecule has 0 radical (unpaired) electrons. The van der Waals surface area contributed by atoms with Gasteiger partial charge in [0.2, 0.25) is 0 Å². The minimum Gasteiger partial charge on any atom is -0.294 e. The standard InChI is InChI=1S/C24H23ClFNO/c25-19-8-6-18(7-9-19)24(28)12-3-16-1-4-17(5-2-16)21-13-14-27-23-11-10-20(26)15-22(21)23/h6-11,13-17H,1-5,12H2. The molecule has 1 saturated carbocycles. The molecule has 4 rings (SSSR count). The van der Waals surface area contributed by atoms with E-state index in [1.807, 2.05) is 12.3 Å². The maximum absolute atomic E-state index is 13.7. The van der Waals surface area contributed by atoms with Crippen molar-refractivity contribution >= 4 is 28.3 Å². The average molecular weight is 396 g/mol. The third-order valence-electron chi connectivity index (χ3n) is 5.97. The highest BCUT2D eigenvalue weighted by Crippen LogP contribution is 2.39. The van der Waals surface area contributed by atoms with E-state index in [1.165, 1.54) is 11.6 Å². The number of hydrogen-bond acceptors (Lipinski definition) is 2. The molecule has 2 aromatic carbocycles. The van der Waals surface area contributed by atoms with Crippen LogP contribution >= 0.6 is 11.6 Å². The molecule has 0 aliphatic heterocycles. The van der Waals surface area contributed by atoms with Gasteiger partial charge in [-0.15, -0.1) is 0 Å². The molecule has 28 heavy (non-hydrogen) atoms. The van der Waals surface area contributed by atoms with Gasteiger partial charge < -0.3 is 0 Å². The lowest BCUT2D eigenvalue weighted by atomic mass is 9.76. The van der Waals surface area contributed by atoms with Crippen LogP contribution in [0.15, 0.2) is 54.7 Å². The molecule has 144 valence electrons. The summed E-state index contributed by atoms with van der Waals surface area (Å²) in [6.07, 6.45) is 7.72. The lowest BCUT2D eigenvalue weighted by Crippen LogP contribution is -2.15. The topological polar surface area (TPSA) is 30.0 Å². The zero-order valence-corrected chi connectivity index (χ0v) is 16.5. The molecular formula is C24H23ClFNO. The summed E-state index contributed by atoms with van der Waals surface area (Å²) in [5.74, 6) is 0.999. The molecule has 0 saturated heterocycles. The quantitative estimate of drug-likeness (QED) is 0.437. The number of carbonyl (C=O) groups is 1. The summed E-state index contributed by atoms with van der Waals surface area (Å²) < 4.78 is 13.7. The Bertz CT molecular complexity index is 978. The molecule has 1 aliphatic rings. The second kappa shape index (κ2) is 8.40. The van der Waals surface area contributed by atoms with Crippen LogP contribution < -0.4 is 0 Å². The second-order valence-corrected chi connectivity index (χ2v) is 8.18. The molecular weight excluding hydrogens is 373 g/mol. The molecule has 0 spiro atoms. The number of pyridine rings is 1. The number of halogens is 2. The molecule has 0 bridgehead atoms. The normalized spacial score (nSPS) is 19.6. The monoisotopic (exact) mass is 395 g/mol. The molecule has 0 unspecified atom stereocenters. The number of aromatic nitrogens is 1. The summed E-state index contributed by atoms with van der Waals surface area (Å²) in [7, 11) is 0. The highest BCUT2D eigenvalue weighted by Gasteiger charge is 2.24. The first-order chi connectivity index (χ1) is 13.6. The SMILES string of the molecule is O=C(CCC1CCC(c2ccnc3ccc(F)cc23)CC1)c1ccc(Cl)cc1. The lowest BCUT2D eigenvalue weighted by Gasteiger charge is -2.29. The van der Waals surface area contributed by atoms with Crippen molar-refractivity contribution in [2.75, 3.05) is 0 Å². The van der Waals surface area contributed by atoms with E-state index in [0.29, 0.717) is 23.3 Å². The number of hydrogen-bond donors (Lipinski definition) is 0. The molecule has 1 aromatic heterocycles. The fourth-order valence-corrected chi connectivity index (χ4v) is 4.50. The third-order valence-corrected chi connectivity index (χ3v) is 6.22. The van der Waals surface area contributed by atoms with Crippen LogP contribution in [0.5, 0.6) is 0 Å². The van der Waals surface area contributed by atoms with Crippen molar-refractivity contribution in [2.45, 2.75) is 44.4 Å². The largest absolute Gasteiger partial charge is 0.294 e. The number of ketones is 1. The van der Waals surface area contributed by atoms with E-state index in [9.17, 15) is 9.18 Å². The van der Waals surface area contributed by atoms with Crippen LogP contribution in [0.1, 0.15) is 60.4 Å². The molecule has 1 aliphatic carbocycles. The van der Waals surface area contributed by atoms with Gasteiger partial charge in [0, 0.05) is 28.6 Å². The van der Waals surface area contributed by atoms with Gasteiger partial charge in [0.1, 0.15) is 5.82 Å². The number of Topliss-reactive ketones (excluding diaryl/α,β-unsaturated/α-hetero) is 1. The van der Waals surface area contributed by atoms with Crippen LogP contribution in [0, 0.1) is 11.7 Å². The Morgan fingerprint density at radius 3 is 2.54 bits per heavy atom. The first kappa shape index (κ1) is 19.1. The summed E-state index contributed by atoms with van der Waals surface area (Å²) in [6, 6.07) is 14.0. The Kier molecular flexibility index (Phi) is 5.72. The summed E-state index contributed by atoms with van der Waals surface area (Å²) in [5.41, 5.74) is 2.80. The fourth-order valence-electron chi connectivity index (χ4n) is 4.37. The van der Waals surface area contributed by atoms with Crippen LogP contribution in [-0.4, -0.2) is 10.8 Å². The predicted octanol–water partition coefficient (Wildman–Crippen LogP) is 6.96. The summed E-state index contributed by atoms with van der Waals surface area (Å²) in [4.78, 5) is 16.7. The maximum Gasteiger partial charge on any atom is 0.162 e. The first-order valence-electron chi connectivity index (χ1n) is 9.93. The van der Waals surface area contributed by atoms with Crippen molar-refractivity contribution in [2.24, 2.45) is 5.92 Å². The Morgan fingerprint density at radius 2 is 1.79 bits per heavy atom. The van der Waals surface area contributed by atoms with Gasteiger partial charge in [-0.25, -0.2) is 4.39 Å².